The van der Waals surface area contributed by atoms with Crippen LogP contribution in [0.25, 0.3) is 0 Å². The van der Waals surface area contributed by atoms with Gasteiger partial charge in [0, 0.05) is 0 Å². The molecule has 0 spiro atoms. The Morgan fingerprint density at radius 3 is 2.42 bits per heavy atom. The molecule has 1 saturated carbocycles. The van der Waals surface area contributed by atoms with E-state index in [9.17, 15) is 0 Å². The average molecular weight is 283 g/mol. The molecule has 0 saturated heterocycles. The Balaban J connectivity index is 2.24. The molecule has 0 aromatic carbocycles. The fourth-order valence-electron chi connectivity index (χ4n) is 1.83. The molecule has 0 atom stereocenters. The van der Waals surface area contributed by atoms with Crippen molar-refractivity contribution in [3.63, 3.8) is 0 Å². The number of hydrogen-bond acceptors (Lipinski definition) is 2. The fourth-order valence-corrected chi connectivity index (χ4v) is 3.46. The number of alkyl halides is 2. The molecule has 0 amide bonds. The minimum absolute atomic E-state index is 0.424. The summed E-state index contributed by atoms with van der Waals surface area (Å²) in [7, 11) is 2.27. The van der Waals surface area contributed by atoms with Crippen LogP contribution in [0.2, 0.25) is 0 Å². The summed E-state index contributed by atoms with van der Waals surface area (Å²) < 4.78 is 1.35. The van der Waals surface area contributed by atoms with Crippen LogP contribution in [0.4, 0.5) is 0 Å². The molecule has 0 aromatic rings. The molecule has 12 heavy (non-hydrogen) atoms. The quantitative estimate of drug-likeness (QED) is 0.364. The summed E-state index contributed by atoms with van der Waals surface area (Å²) >= 11 is 0.424. The molecule has 74 valence electrons. The predicted octanol–water partition coefficient (Wildman–Crippen LogP) is -2.14. The topological polar surface area (TPSA) is 29.3 Å². The van der Waals surface area contributed by atoms with Crippen molar-refractivity contribution in [2.75, 3.05) is 16.5 Å². The summed E-state index contributed by atoms with van der Waals surface area (Å²) in [5, 5.41) is 0. The van der Waals surface area contributed by atoms with Crippen LogP contribution >= 0.6 is 0 Å². The summed E-state index contributed by atoms with van der Waals surface area (Å²) in [5.74, 6) is 0. The molecule has 1 fully saturated rings. The monoisotopic (exact) mass is 283 g/mol. The minimum atomic E-state index is 0.424. The summed E-state index contributed by atoms with van der Waals surface area (Å²) in [6, 6.07) is 1.33. The van der Waals surface area contributed by atoms with Gasteiger partial charge in [-0.05, 0) is 0 Å². The number of halogens is 1. The van der Waals surface area contributed by atoms with Gasteiger partial charge in [-0.25, -0.2) is 0 Å². The van der Waals surface area contributed by atoms with Crippen molar-refractivity contribution in [2.24, 2.45) is 5.73 Å². The summed E-state index contributed by atoms with van der Waals surface area (Å²) in [6.45, 7) is 0. The Hall–Kier alpha value is 0.650. The first-order valence-electron chi connectivity index (χ1n) is 4.63. The van der Waals surface area contributed by atoms with Gasteiger partial charge < -0.3 is 0 Å². The Kier molecular flexibility index (Phi) is 4.82. The Morgan fingerprint density at radius 1 is 1.33 bits per heavy atom. The summed E-state index contributed by atoms with van der Waals surface area (Å²) in [5.41, 5.74) is 5.86. The SMILES string of the molecule is C[I-]CN(C)C1CCC(N)CC1. The summed E-state index contributed by atoms with van der Waals surface area (Å²) in [4.78, 5) is 4.89. The van der Waals surface area contributed by atoms with Crippen molar-refractivity contribution in [3.8, 4) is 0 Å². The van der Waals surface area contributed by atoms with Gasteiger partial charge in [-0.3, -0.25) is 0 Å². The van der Waals surface area contributed by atoms with E-state index >= 15 is 0 Å². The molecule has 0 heterocycles. The second-order valence-electron chi connectivity index (χ2n) is 3.71. The van der Waals surface area contributed by atoms with Gasteiger partial charge in [0.25, 0.3) is 0 Å². The van der Waals surface area contributed by atoms with Gasteiger partial charge in [0.05, 0.1) is 0 Å². The van der Waals surface area contributed by atoms with E-state index in [1.54, 1.807) is 0 Å². The maximum absolute atomic E-state index is 5.86. The van der Waals surface area contributed by atoms with Crippen molar-refractivity contribution in [1.82, 2.24) is 4.90 Å². The first-order chi connectivity index (χ1) is 5.74. The zero-order valence-corrected chi connectivity index (χ0v) is 10.3. The molecule has 0 aromatic heterocycles. The van der Waals surface area contributed by atoms with Crippen molar-refractivity contribution in [2.45, 2.75) is 37.8 Å². The van der Waals surface area contributed by atoms with Gasteiger partial charge in [0.1, 0.15) is 0 Å². The second kappa shape index (κ2) is 5.40. The molecular weight excluding hydrogens is 263 g/mol. The van der Waals surface area contributed by atoms with Gasteiger partial charge in [0.15, 0.2) is 0 Å². The van der Waals surface area contributed by atoms with Gasteiger partial charge in [-0.15, -0.1) is 0 Å². The third-order valence-electron chi connectivity index (χ3n) is 2.67. The van der Waals surface area contributed by atoms with E-state index in [1.165, 1.54) is 30.2 Å². The molecule has 1 aliphatic rings. The van der Waals surface area contributed by atoms with E-state index in [-0.39, 0.29) is 0 Å². The van der Waals surface area contributed by atoms with Crippen LogP contribution in [0, 0.1) is 0 Å². The van der Waals surface area contributed by atoms with E-state index in [4.69, 9.17) is 5.73 Å². The number of nitrogens with two attached hydrogens (primary N) is 1. The van der Waals surface area contributed by atoms with Gasteiger partial charge >= 0.3 is 86.1 Å². The molecule has 1 aliphatic carbocycles. The Bertz CT molecular complexity index is 122. The van der Waals surface area contributed by atoms with Crippen LogP contribution in [0.1, 0.15) is 25.7 Å². The van der Waals surface area contributed by atoms with Crippen LogP contribution in [0.3, 0.4) is 0 Å². The van der Waals surface area contributed by atoms with E-state index in [0.29, 0.717) is 27.2 Å². The van der Waals surface area contributed by atoms with E-state index in [2.05, 4.69) is 16.9 Å². The van der Waals surface area contributed by atoms with Crippen LogP contribution in [-0.4, -0.2) is 33.5 Å². The fraction of sp³-hybridized carbons (Fsp3) is 1.00. The Labute approximate surface area is 86.1 Å². The van der Waals surface area contributed by atoms with Crippen LogP contribution in [0.15, 0.2) is 0 Å². The van der Waals surface area contributed by atoms with E-state index in [1.807, 2.05) is 0 Å². The van der Waals surface area contributed by atoms with Crippen molar-refractivity contribution >= 4 is 0 Å². The number of hydrogen-bond donors (Lipinski definition) is 1. The first kappa shape index (κ1) is 10.7. The molecule has 0 radical (unpaired) electrons. The molecule has 2 nitrogen and oxygen atoms in total. The van der Waals surface area contributed by atoms with E-state index < -0.39 is 0 Å². The zero-order valence-electron chi connectivity index (χ0n) is 8.09. The third kappa shape index (κ3) is 3.18. The first-order valence-corrected chi connectivity index (χ1v) is 8.32. The maximum atomic E-state index is 5.86. The van der Waals surface area contributed by atoms with Gasteiger partial charge in [-0.1, -0.05) is 0 Å². The van der Waals surface area contributed by atoms with Crippen molar-refractivity contribution < 1.29 is 21.2 Å². The van der Waals surface area contributed by atoms with Crippen LogP contribution < -0.4 is 26.9 Å². The van der Waals surface area contributed by atoms with Crippen LogP contribution in [0.5, 0.6) is 0 Å². The number of rotatable bonds is 3. The molecule has 0 bridgehead atoms. The van der Waals surface area contributed by atoms with E-state index in [0.717, 1.165) is 6.04 Å². The number of nitrogens with zero attached hydrogens (tertiary/aromatic N) is 1. The summed E-state index contributed by atoms with van der Waals surface area (Å²) in [6.07, 6.45) is 5.11. The third-order valence-corrected chi connectivity index (χ3v) is 4.43. The molecule has 1 rings (SSSR count). The normalized spacial score (nSPS) is 31.3. The Morgan fingerprint density at radius 2 is 1.92 bits per heavy atom. The second-order valence-corrected chi connectivity index (χ2v) is 5.92. The van der Waals surface area contributed by atoms with Crippen molar-refractivity contribution in [1.29, 1.82) is 0 Å². The molecule has 3 heteroatoms. The molecular formula is C9H20IN2-. The molecule has 0 unspecified atom stereocenters. The standard InChI is InChI=1S/C9H20IN2/c1-10-7-12(2)9-5-3-8(11)4-6-9/h8-9H,3-7,11H2,1-2H3/q-1. The van der Waals surface area contributed by atoms with Crippen LogP contribution in [-0.2, 0) is 0 Å². The zero-order chi connectivity index (χ0) is 8.97. The van der Waals surface area contributed by atoms with Gasteiger partial charge in [-0.2, -0.15) is 0 Å². The van der Waals surface area contributed by atoms with Crippen molar-refractivity contribution in [3.05, 3.63) is 0 Å². The predicted molar refractivity (Wildman–Crippen MR) is 48.8 cm³/mol. The molecule has 0 aliphatic heterocycles. The van der Waals surface area contributed by atoms with Gasteiger partial charge in [0.2, 0.25) is 0 Å². The average Bonchev–Trinajstić information content (AvgIpc) is 2.06. The molecule has 2 N–H and O–H groups in total.